The predicted octanol–water partition coefficient (Wildman–Crippen LogP) is 2.88. The molecule has 4 fully saturated rings. The third kappa shape index (κ3) is 3.84. The first-order chi connectivity index (χ1) is 11.8. The maximum Gasteiger partial charge on any atom is 0.0234 e. The Bertz CT molecular complexity index is 522. The molecule has 3 saturated heterocycles. The van der Waals surface area contributed by atoms with Crippen LogP contribution in [0.4, 0.5) is 0 Å². The number of rotatable bonds is 6. The Hall–Kier alpha value is -0.900. The van der Waals surface area contributed by atoms with Gasteiger partial charge in [-0.3, -0.25) is 9.80 Å². The van der Waals surface area contributed by atoms with E-state index in [9.17, 15) is 0 Å². The fraction of sp³-hybridized carbons (Fsp3) is 0.714. The van der Waals surface area contributed by atoms with Crippen LogP contribution in [0.25, 0.3) is 0 Å². The molecule has 5 rings (SSSR count). The fourth-order valence-electron chi connectivity index (χ4n) is 4.87. The monoisotopic (exact) mass is 327 g/mol. The largest absolute Gasteiger partial charge is 0.330 e. The van der Waals surface area contributed by atoms with Crippen molar-refractivity contribution in [2.75, 3.05) is 32.7 Å². The molecule has 0 unspecified atom stereocenters. The van der Waals surface area contributed by atoms with Crippen LogP contribution < -0.4 is 5.73 Å². The maximum atomic E-state index is 5.65. The Labute approximate surface area is 147 Å². The van der Waals surface area contributed by atoms with Crippen molar-refractivity contribution in [1.29, 1.82) is 0 Å². The molecule has 1 aliphatic carbocycles. The van der Waals surface area contributed by atoms with E-state index < -0.39 is 0 Å². The van der Waals surface area contributed by atoms with Crippen LogP contribution in [0.1, 0.15) is 43.2 Å². The standard InChI is InChI=1S/C21H33N3/c22-11-10-17-4-6-19(7-5-17)12-23-13-20-8-9-21(16-23)24(15-20)14-18-2-1-3-18/h4-7,18,20-21H,1-3,8-16,22H2/t20-,21+/m0/s1. The molecule has 1 aromatic rings. The van der Waals surface area contributed by atoms with Crippen molar-refractivity contribution >= 4 is 0 Å². The van der Waals surface area contributed by atoms with Crippen LogP contribution in [0.3, 0.4) is 0 Å². The molecule has 3 nitrogen and oxygen atoms in total. The molecule has 1 saturated carbocycles. The minimum absolute atomic E-state index is 0.742. The lowest BCUT2D eigenvalue weighted by Crippen LogP contribution is -2.46. The summed E-state index contributed by atoms with van der Waals surface area (Å²) in [5.41, 5.74) is 8.48. The second-order valence-corrected chi connectivity index (χ2v) is 8.40. The molecule has 0 radical (unpaired) electrons. The van der Waals surface area contributed by atoms with Gasteiger partial charge in [-0.05, 0) is 61.6 Å². The first kappa shape index (κ1) is 16.6. The first-order valence-corrected chi connectivity index (χ1v) is 10.0. The molecule has 24 heavy (non-hydrogen) atoms. The van der Waals surface area contributed by atoms with Crippen LogP contribution in [0, 0.1) is 11.8 Å². The molecule has 3 aliphatic heterocycles. The van der Waals surface area contributed by atoms with Crippen molar-refractivity contribution in [3.05, 3.63) is 35.4 Å². The lowest BCUT2D eigenvalue weighted by atomic mass is 9.83. The lowest BCUT2D eigenvalue weighted by Gasteiger charge is -2.40. The van der Waals surface area contributed by atoms with Crippen molar-refractivity contribution in [3.8, 4) is 0 Å². The van der Waals surface area contributed by atoms with Gasteiger partial charge in [0, 0.05) is 38.8 Å². The normalized spacial score (nSPS) is 28.7. The number of hydrogen-bond acceptors (Lipinski definition) is 3. The number of fused-ring (bicyclic) bond motifs is 4. The van der Waals surface area contributed by atoms with E-state index in [-0.39, 0.29) is 0 Å². The third-order valence-electron chi connectivity index (χ3n) is 6.48. The Morgan fingerprint density at radius 3 is 2.42 bits per heavy atom. The maximum absolute atomic E-state index is 5.65. The highest BCUT2D eigenvalue weighted by Crippen LogP contribution is 2.33. The van der Waals surface area contributed by atoms with E-state index in [0.717, 1.165) is 37.4 Å². The van der Waals surface area contributed by atoms with E-state index in [0.29, 0.717) is 0 Å². The van der Waals surface area contributed by atoms with Gasteiger partial charge in [0.05, 0.1) is 0 Å². The van der Waals surface area contributed by atoms with E-state index >= 15 is 0 Å². The molecule has 1 aromatic carbocycles. The SMILES string of the molecule is NCCc1ccc(CN2C[C@@H]3CC[C@H](C2)N(CC2CCC2)C3)cc1. The second kappa shape index (κ2) is 7.55. The van der Waals surface area contributed by atoms with E-state index in [1.807, 2.05) is 0 Å². The predicted molar refractivity (Wildman–Crippen MR) is 99.9 cm³/mol. The van der Waals surface area contributed by atoms with Gasteiger partial charge in [-0.1, -0.05) is 30.7 Å². The van der Waals surface area contributed by atoms with Gasteiger partial charge in [-0.25, -0.2) is 0 Å². The number of benzene rings is 1. The lowest BCUT2D eigenvalue weighted by molar-refractivity contribution is 0.0891. The average molecular weight is 328 g/mol. The quantitative estimate of drug-likeness (QED) is 0.872. The van der Waals surface area contributed by atoms with Crippen molar-refractivity contribution in [1.82, 2.24) is 9.80 Å². The molecule has 3 heterocycles. The van der Waals surface area contributed by atoms with Crippen molar-refractivity contribution in [2.24, 2.45) is 17.6 Å². The summed E-state index contributed by atoms with van der Waals surface area (Å²) in [6, 6.07) is 9.95. The summed E-state index contributed by atoms with van der Waals surface area (Å²) in [6.07, 6.45) is 8.28. The molecular weight excluding hydrogens is 294 g/mol. The van der Waals surface area contributed by atoms with Crippen LogP contribution >= 0.6 is 0 Å². The highest BCUT2D eigenvalue weighted by Gasteiger charge is 2.36. The average Bonchev–Trinajstić information content (AvgIpc) is 2.83. The van der Waals surface area contributed by atoms with Gasteiger partial charge in [0.15, 0.2) is 0 Å². The van der Waals surface area contributed by atoms with Crippen molar-refractivity contribution < 1.29 is 0 Å². The van der Waals surface area contributed by atoms with E-state index in [2.05, 4.69) is 34.1 Å². The van der Waals surface area contributed by atoms with E-state index in [4.69, 9.17) is 5.73 Å². The molecule has 2 N–H and O–H groups in total. The zero-order chi connectivity index (χ0) is 16.4. The van der Waals surface area contributed by atoms with Gasteiger partial charge in [-0.15, -0.1) is 0 Å². The molecule has 4 aliphatic rings. The van der Waals surface area contributed by atoms with Gasteiger partial charge in [-0.2, -0.15) is 0 Å². The van der Waals surface area contributed by atoms with Gasteiger partial charge in [0.25, 0.3) is 0 Å². The highest BCUT2D eigenvalue weighted by molar-refractivity contribution is 5.22. The summed E-state index contributed by atoms with van der Waals surface area (Å²) >= 11 is 0. The minimum atomic E-state index is 0.742. The van der Waals surface area contributed by atoms with E-state index in [1.54, 1.807) is 0 Å². The Kier molecular flexibility index (Phi) is 5.21. The fourth-order valence-corrected chi connectivity index (χ4v) is 4.87. The van der Waals surface area contributed by atoms with Crippen LogP contribution in [0.5, 0.6) is 0 Å². The summed E-state index contributed by atoms with van der Waals surface area (Å²) < 4.78 is 0. The Morgan fingerprint density at radius 2 is 1.71 bits per heavy atom. The van der Waals surface area contributed by atoms with Crippen LogP contribution in [0.15, 0.2) is 24.3 Å². The first-order valence-electron chi connectivity index (χ1n) is 10.0. The highest BCUT2D eigenvalue weighted by atomic mass is 15.3. The topological polar surface area (TPSA) is 32.5 Å². The summed E-state index contributed by atoms with van der Waals surface area (Å²) in [4.78, 5) is 5.57. The number of hydrogen-bond donors (Lipinski definition) is 1. The summed E-state index contributed by atoms with van der Waals surface area (Å²) in [7, 11) is 0. The van der Waals surface area contributed by atoms with Gasteiger partial charge >= 0.3 is 0 Å². The summed E-state index contributed by atoms with van der Waals surface area (Å²) in [6.45, 7) is 7.16. The molecule has 3 heteroatoms. The number of nitrogens with zero attached hydrogens (tertiary/aromatic N) is 2. The number of nitrogens with two attached hydrogens (primary N) is 1. The second-order valence-electron chi connectivity index (χ2n) is 8.40. The van der Waals surface area contributed by atoms with Crippen molar-refractivity contribution in [2.45, 2.75) is 51.1 Å². The molecule has 2 atom stereocenters. The smallest absolute Gasteiger partial charge is 0.0234 e. The molecule has 0 amide bonds. The van der Waals surface area contributed by atoms with Crippen LogP contribution in [-0.4, -0.2) is 48.6 Å². The van der Waals surface area contributed by atoms with Crippen LogP contribution in [-0.2, 0) is 13.0 Å². The van der Waals surface area contributed by atoms with E-state index in [1.165, 1.54) is 69.4 Å². The molecular formula is C21H33N3. The Balaban J connectivity index is 1.36. The molecule has 132 valence electrons. The molecule has 0 spiro atoms. The third-order valence-corrected chi connectivity index (χ3v) is 6.48. The van der Waals surface area contributed by atoms with Crippen LogP contribution in [0.2, 0.25) is 0 Å². The zero-order valence-electron chi connectivity index (χ0n) is 15.0. The summed E-state index contributed by atoms with van der Waals surface area (Å²) in [5.74, 6) is 1.90. The van der Waals surface area contributed by atoms with Gasteiger partial charge < -0.3 is 5.73 Å². The van der Waals surface area contributed by atoms with Gasteiger partial charge in [0.1, 0.15) is 0 Å². The molecule has 0 aromatic heterocycles. The number of piperidine rings is 1. The minimum Gasteiger partial charge on any atom is -0.330 e. The molecule has 2 bridgehead atoms. The van der Waals surface area contributed by atoms with Crippen molar-refractivity contribution in [3.63, 3.8) is 0 Å². The summed E-state index contributed by atoms with van der Waals surface area (Å²) in [5, 5.41) is 0. The zero-order valence-corrected chi connectivity index (χ0v) is 15.0. The Morgan fingerprint density at radius 1 is 0.917 bits per heavy atom. The van der Waals surface area contributed by atoms with Gasteiger partial charge in [0.2, 0.25) is 0 Å².